The number of amides is 1. The molecule has 1 aliphatic heterocycles. The zero-order valence-corrected chi connectivity index (χ0v) is 17.5. The molecule has 0 unspecified atom stereocenters. The Morgan fingerprint density at radius 3 is 2.57 bits per heavy atom. The lowest BCUT2D eigenvalue weighted by Gasteiger charge is -2.27. The van der Waals surface area contributed by atoms with Gasteiger partial charge in [0.1, 0.15) is 5.69 Å². The summed E-state index contributed by atoms with van der Waals surface area (Å²) in [4.78, 5) is 30.4. The number of rotatable bonds is 8. The van der Waals surface area contributed by atoms with E-state index < -0.39 is 0 Å². The molecule has 0 spiro atoms. The average Bonchev–Trinajstić information content (AvgIpc) is 3.40. The van der Waals surface area contributed by atoms with Crippen LogP contribution in [0, 0.1) is 19.8 Å². The van der Waals surface area contributed by atoms with Gasteiger partial charge in [0.25, 0.3) is 0 Å². The zero-order chi connectivity index (χ0) is 20.1. The van der Waals surface area contributed by atoms with E-state index in [1.807, 2.05) is 18.7 Å². The lowest BCUT2D eigenvalue weighted by molar-refractivity contribution is -0.134. The monoisotopic (exact) mass is 390 g/mol. The van der Waals surface area contributed by atoms with Crippen LogP contribution >= 0.6 is 0 Å². The molecule has 1 aliphatic carbocycles. The third kappa shape index (κ3) is 4.96. The third-order valence-corrected chi connectivity index (χ3v) is 6.16. The Hall–Kier alpha value is -1.82. The van der Waals surface area contributed by atoms with E-state index in [4.69, 9.17) is 9.47 Å². The van der Waals surface area contributed by atoms with Crippen molar-refractivity contribution in [3.05, 3.63) is 22.5 Å². The van der Waals surface area contributed by atoms with Gasteiger partial charge in [-0.15, -0.1) is 0 Å². The second kappa shape index (κ2) is 9.59. The summed E-state index contributed by atoms with van der Waals surface area (Å²) in [5, 5.41) is 0. The molecule has 6 heteroatoms. The van der Waals surface area contributed by atoms with Gasteiger partial charge >= 0.3 is 5.97 Å². The fourth-order valence-electron chi connectivity index (χ4n) is 4.50. The van der Waals surface area contributed by atoms with Crippen LogP contribution in [0.1, 0.15) is 79.2 Å². The van der Waals surface area contributed by atoms with Crippen LogP contribution in [0.15, 0.2) is 0 Å². The van der Waals surface area contributed by atoms with E-state index in [1.165, 1.54) is 12.8 Å². The van der Waals surface area contributed by atoms with Crippen LogP contribution in [0.5, 0.6) is 0 Å². The molecule has 1 amide bonds. The van der Waals surface area contributed by atoms with Gasteiger partial charge in [0.2, 0.25) is 5.91 Å². The standard InChI is InChI=1S/C22H34N2O4/c1-4-27-22(26)21-15(2)19(16(3)23-21)14-24(13-18-10-7-11-28-18)20(25)12-17-8-5-6-9-17/h17-18,23H,4-14H2,1-3H3/t18-/m0/s1. The van der Waals surface area contributed by atoms with Gasteiger partial charge in [0.15, 0.2) is 0 Å². The zero-order valence-electron chi connectivity index (χ0n) is 17.5. The molecule has 28 heavy (non-hydrogen) atoms. The largest absolute Gasteiger partial charge is 0.461 e. The number of nitrogens with one attached hydrogen (secondary N) is 1. The first-order valence-electron chi connectivity index (χ1n) is 10.7. The summed E-state index contributed by atoms with van der Waals surface area (Å²) >= 11 is 0. The summed E-state index contributed by atoms with van der Waals surface area (Å²) in [5.74, 6) is 0.389. The number of nitrogens with zero attached hydrogens (tertiary/aromatic N) is 1. The molecule has 1 saturated heterocycles. The number of esters is 1. The van der Waals surface area contributed by atoms with E-state index in [-0.39, 0.29) is 18.0 Å². The Bertz CT molecular complexity index is 685. The number of hydrogen-bond donors (Lipinski definition) is 1. The molecule has 6 nitrogen and oxygen atoms in total. The minimum Gasteiger partial charge on any atom is -0.461 e. The second-order valence-electron chi connectivity index (χ2n) is 8.21. The van der Waals surface area contributed by atoms with Crippen molar-refractivity contribution in [1.82, 2.24) is 9.88 Å². The number of carbonyl (C=O) groups excluding carboxylic acids is 2. The maximum atomic E-state index is 13.1. The maximum absolute atomic E-state index is 13.1. The molecular weight excluding hydrogens is 356 g/mol. The van der Waals surface area contributed by atoms with Crippen molar-refractivity contribution in [3.8, 4) is 0 Å². The lowest BCUT2D eigenvalue weighted by Crippen LogP contribution is -2.37. The molecule has 0 bridgehead atoms. The van der Waals surface area contributed by atoms with Crippen LogP contribution in [-0.2, 0) is 20.8 Å². The third-order valence-electron chi connectivity index (χ3n) is 6.16. The summed E-state index contributed by atoms with van der Waals surface area (Å²) in [6.07, 6.45) is 7.61. The van der Waals surface area contributed by atoms with Crippen molar-refractivity contribution >= 4 is 11.9 Å². The van der Waals surface area contributed by atoms with Gasteiger partial charge in [0.05, 0.1) is 12.7 Å². The average molecular weight is 391 g/mol. The van der Waals surface area contributed by atoms with Crippen molar-refractivity contribution in [3.63, 3.8) is 0 Å². The molecule has 0 aromatic carbocycles. The van der Waals surface area contributed by atoms with Gasteiger partial charge in [-0.05, 0) is 63.5 Å². The number of hydrogen-bond acceptors (Lipinski definition) is 4. The minimum atomic E-state index is -0.336. The van der Waals surface area contributed by atoms with Crippen molar-refractivity contribution in [2.45, 2.75) is 78.4 Å². The number of aryl methyl sites for hydroxylation is 1. The van der Waals surface area contributed by atoms with Crippen LogP contribution in [0.4, 0.5) is 0 Å². The first-order valence-corrected chi connectivity index (χ1v) is 10.7. The Balaban J connectivity index is 1.76. The number of ether oxygens (including phenoxy) is 2. The Labute approximate surface area is 168 Å². The predicted octanol–water partition coefficient (Wildman–Crippen LogP) is 3.90. The highest BCUT2D eigenvalue weighted by Gasteiger charge is 2.28. The van der Waals surface area contributed by atoms with Gasteiger partial charge in [-0.1, -0.05) is 12.8 Å². The summed E-state index contributed by atoms with van der Waals surface area (Å²) in [6.45, 7) is 7.95. The van der Waals surface area contributed by atoms with Crippen LogP contribution < -0.4 is 0 Å². The van der Waals surface area contributed by atoms with Gasteiger partial charge in [-0.3, -0.25) is 4.79 Å². The normalized spacial score (nSPS) is 19.9. The summed E-state index contributed by atoms with van der Waals surface area (Å²) in [5.41, 5.74) is 3.31. The maximum Gasteiger partial charge on any atom is 0.355 e. The van der Waals surface area contributed by atoms with Crippen molar-refractivity contribution < 1.29 is 19.1 Å². The minimum absolute atomic E-state index is 0.122. The summed E-state index contributed by atoms with van der Waals surface area (Å²) in [7, 11) is 0. The van der Waals surface area contributed by atoms with E-state index in [1.54, 1.807) is 6.92 Å². The first kappa shape index (κ1) is 20.9. The molecule has 3 rings (SSSR count). The first-order chi connectivity index (χ1) is 13.5. The highest BCUT2D eigenvalue weighted by atomic mass is 16.5. The SMILES string of the molecule is CCOC(=O)c1[nH]c(C)c(CN(C[C@@H]2CCCO2)C(=O)CC2CCCC2)c1C. The van der Waals surface area contributed by atoms with E-state index in [0.29, 0.717) is 37.7 Å². The fraction of sp³-hybridized carbons (Fsp3) is 0.727. The molecule has 156 valence electrons. The quantitative estimate of drug-likeness (QED) is 0.684. The van der Waals surface area contributed by atoms with Crippen molar-refractivity contribution in [1.29, 1.82) is 0 Å². The molecule has 1 saturated carbocycles. The molecular formula is C22H34N2O4. The van der Waals surface area contributed by atoms with E-state index in [9.17, 15) is 9.59 Å². The van der Waals surface area contributed by atoms with Crippen LogP contribution in [0.25, 0.3) is 0 Å². The Kier molecular flexibility index (Phi) is 7.16. The summed E-state index contributed by atoms with van der Waals surface area (Å²) < 4.78 is 11.0. The van der Waals surface area contributed by atoms with Gasteiger partial charge in [0, 0.05) is 31.8 Å². The lowest BCUT2D eigenvalue weighted by atomic mass is 10.0. The smallest absolute Gasteiger partial charge is 0.355 e. The predicted molar refractivity (Wildman–Crippen MR) is 107 cm³/mol. The van der Waals surface area contributed by atoms with E-state index in [0.717, 1.165) is 49.1 Å². The van der Waals surface area contributed by atoms with Crippen LogP contribution in [-0.4, -0.2) is 47.6 Å². The van der Waals surface area contributed by atoms with Crippen LogP contribution in [0.3, 0.4) is 0 Å². The molecule has 0 radical (unpaired) electrons. The number of carbonyl (C=O) groups is 2. The van der Waals surface area contributed by atoms with E-state index in [2.05, 4.69) is 4.98 Å². The molecule has 1 aromatic rings. The molecule has 1 atom stereocenters. The van der Waals surface area contributed by atoms with Gasteiger partial charge in [-0.2, -0.15) is 0 Å². The van der Waals surface area contributed by atoms with E-state index >= 15 is 0 Å². The fourth-order valence-corrected chi connectivity index (χ4v) is 4.50. The number of aromatic amines is 1. The summed E-state index contributed by atoms with van der Waals surface area (Å²) in [6, 6.07) is 0. The highest BCUT2D eigenvalue weighted by molar-refractivity contribution is 5.90. The second-order valence-corrected chi connectivity index (χ2v) is 8.21. The van der Waals surface area contributed by atoms with Crippen molar-refractivity contribution in [2.24, 2.45) is 5.92 Å². The molecule has 2 heterocycles. The van der Waals surface area contributed by atoms with Crippen molar-refractivity contribution in [2.75, 3.05) is 19.8 Å². The molecule has 1 N–H and O–H groups in total. The number of H-pyrrole nitrogens is 1. The van der Waals surface area contributed by atoms with Gasteiger partial charge in [-0.25, -0.2) is 4.79 Å². The Morgan fingerprint density at radius 1 is 1.18 bits per heavy atom. The Morgan fingerprint density at radius 2 is 1.93 bits per heavy atom. The topological polar surface area (TPSA) is 71.6 Å². The van der Waals surface area contributed by atoms with Gasteiger partial charge < -0.3 is 19.4 Å². The molecule has 2 aliphatic rings. The van der Waals surface area contributed by atoms with Crippen LogP contribution in [0.2, 0.25) is 0 Å². The number of aromatic nitrogens is 1. The molecule has 2 fully saturated rings. The highest BCUT2D eigenvalue weighted by Crippen LogP contribution is 2.29. The molecule has 1 aromatic heterocycles.